The van der Waals surface area contributed by atoms with Gasteiger partial charge >= 0.3 is 0 Å². The molecule has 1 amide bonds. The van der Waals surface area contributed by atoms with Crippen molar-refractivity contribution in [2.45, 2.75) is 31.8 Å². The first-order valence-corrected chi connectivity index (χ1v) is 8.50. The van der Waals surface area contributed by atoms with Crippen LogP contribution in [0.4, 0.5) is 0 Å². The Kier molecular flexibility index (Phi) is 7.29. The minimum atomic E-state index is 0. The molecule has 0 bridgehead atoms. The topological polar surface area (TPSA) is 33.5 Å². The smallest absolute Gasteiger partial charge is 0.224 e. The fourth-order valence-corrected chi connectivity index (χ4v) is 3.29. The Bertz CT molecular complexity index is 610. The summed E-state index contributed by atoms with van der Waals surface area (Å²) in [5.74, 6) is 0.146. The Balaban J connectivity index is 0.00000208. The molecule has 3 nitrogen and oxygen atoms in total. The second kappa shape index (κ2) is 9.45. The number of amides is 1. The van der Waals surface area contributed by atoms with Crippen molar-refractivity contribution in [3.05, 3.63) is 71.8 Å². The van der Waals surface area contributed by atoms with Crippen LogP contribution in [-0.2, 0) is 17.8 Å². The number of nitrogens with one attached hydrogen (secondary N) is 2. The van der Waals surface area contributed by atoms with Gasteiger partial charge in [0.1, 0.15) is 6.54 Å². The van der Waals surface area contributed by atoms with E-state index < -0.39 is 0 Å². The van der Waals surface area contributed by atoms with Crippen LogP contribution >= 0.6 is 0 Å². The van der Waals surface area contributed by atoms with Gasteiger partial charge in [-0.15, -0.1) is 0 Å². The van der Waals surface area contributed by atoms with Gasteiger partial charge in [0.05, 0.1) is 19.5 Å². The van der Waals surface area contributed by atoms with Gasteiger partial charge in [0, 0.05) is 24.4 Å². The molecule has 0 aromatic heterocycles. The number of halogens is 1. The van der Waals surface area contributed by atoms with E-state index in [0.717, 1.165) is 38.0 Å². The highest BCUT2D eigenvalue weighted by Gasteiger charge is 2.23. The molecule has 1 heterocycles. The molecule has 1 fully saturated rings. The molecule has 0 atom stereocenters. The molecule has 2 aromatic rings. The van der Waals surface area contributed by atoms with Gasteiger partial charge in [-0.05, 0) is 5.56 Å². The second-order valence-corrected chi connectivity index (χ2v) is 6.42. The third-order valence-corrected chi connectivity index (χ3v) is 4.56. The molecule has 0 radical (unpaired) electrons. The molecule has 0 spiro atoms. The second-order valence-electron chi connectivity index (χ2n) is 6.42. The molecule has 1 aliphatic heterocycles. The number of piperidine rings is 1. The largest absolute Gasteiger partial charge is 1.00 e. The lowest BCUT2D eigenvalue weighted by molar-refractivity contribution is -0.918. The summed E-state index contributed by atoms with van der Waals surface area (Å²) in [6.07, 6.45) is 2.63. The third kappa shape index (κ3) is 5.66. The van der Waals surface area contributed by atoms with Crippen LogP contribution in [0.15, 0.2) is 60.7 Å². The van der Waals surface area contributed by atoms with Crippen molar-refractivity contribution in [3.8, 4) is 0 Å². The maximum atomic E-state index is 12.1. The van der Waals surface area contributed by atoms with Gasteiger partial charge in [-0.25, -0.2) is 0 Å². The van der Waals surface area contributed by atoms with Crippen LogP contribution in [0.1, 0.15) is 24.0 Å². The predicted octanol–water partition coefficient (Wildman–Crippen LogP) is -1.40. The van der Waals surface area contributed by atoms with Crippen LogP contribution in [0.2, 0.25) is 0 Å². The summed E-state index contributed by atoms with van der Waals surface area (Å²) in [6.45, 7) is 3.35. The number of carbonyl (C=O) groups excluding carboxylic acids is 1. The monoisotopic (exact) mass is 344 g/mol. The van der Waals surface area contributed by atoms with E-state index in [4.69, 9.17) is 0 Å². The number of hydrogen-bond acceptors (Lipinski definition) is 1. The zero-order valence-corrected chi connectivity index (χ0v) is 14.6. The summed E-state index contributed by atoms with van der Waals surface area (Å²) in [4.78, 5) is 13.8. The van der Waals surface area contributed by atoms with Crippen LogP contribution in [0.3, 0.4) is 0 Å². The standard InChI is InChI=1S/C20H24N2O.ClH/c23-20(15-17-7-3-1-4-8-17)21-19-11-13-22(14-12-19)16-18-9-5-2-6-10-18;/h1-10,19H,11-16H2,(H,21,23);1H. The van der Waals surface area contributed by atoms with E-state index in [9.17, 15) is 4.79 Å². The van der Waals surface area contributed by atoms with E-state index >= 15 is 0 Å². The summed E-state index contributed by atoms with van der Waals surface area (Å²) in [7, 11) is 0. The molecule has 128 valence electrons. The molecular weight excluding hydrogens is 320 g/mol. The first-order chi connectivity index (χ1) is 11.3. The van der Waals surface area contributed by atoms with Crippen molar-refractivity contribution in [3.63, 3.8) is 0 Å². The molecule has 2 N–H and O–H groups in total. The molecule has 0 saturated carbocycles. The van der Waals surface area contributed by atoms with E-state index in [1.54, 1.807) is 4.90 Å². The fraction of sp³-hybridized carbons (Fsp3) is 0.350. The first kappa shape index (κ1) is 18.5. The highest BCUT2D eigenvalue weighted by Crippen LogP contribution is 2.04. The number of rotatable bonds is 5. The average molecular weight is 345 g/mol. The Morgan fingerprint density at radius 3 is 2.04 bits per heavy atom. The van der Waals surface area contributed by atoms with Crippen LogP contribution in [0, 0.1) is 0 Å². The molecular formula is C20H25ClN2O. The first-order valence-electron chi connectivity index (χ1n) is 8.50. The van der Waals surface area contributed by atoms with Gasteiger partial charge in [-0.3, -0.25) is 4.79 Å². The average Bonchev–Trinajstić information content (AvgIpc) is 2.58. The van der Waals surface area contributed by atoms with Crippen LogP contribution in [0.25, 0.3) is 0 Å². The highest BCUT2D eigenvalue weighted by molar-refractivity contribution is 5.78. The molecule has 3 rings (SSSR count). The third-order valence-electron chi connectivity index (χ3n) is 4.56. The lowest BCUT2D eigenvalue weighted by atomic mass is 10.0. The summed E-state index contributed by atoms with van der Waals surface area (Å²) >= 11 is 0. The fourth-order valence-electron chi connectivity index (χ4n) is 3.29. The van der Waals surface area contributed by atoms with Gasteiger partial charge in [0.25, 0.3) is 0 Å². The van der Waals surface area contributed by atoms with Crippen LogP contribution < -0.4 is 22.6 Å². The normalized spacial score (nSPS) is 20.0. The van der Waals surface area contributed by atoms with Crippen LogP contribution in [0.5, 0.6) is 0 Å². The minimum Gasteiger partial charge on any atom is -1.00 e. The predicted molar refractivity (Wildman–Crippen MR) is 92.2 cm³/mol. The number of carbonyl (C=O) groups is 1. The quantitative estimate of drug-likeness (QED) is 0.687. The molecule has 24 heavy (non-hydrogen) atoms. The number of benzene rings is 2. The van der Waals surface area contributed by atoms with E-state index in [1.165, 1.54) is 5.56 Å². The highest BCUT2D eigenvalue weighted by atomic mass is 35.5. The maximum Gasteiger partial charge on any atom is 0.224 e. The lowest BCUT2D eigenvalue weighted by Gasteiger charge is -2.29. The zero-order valence-electron chi connectivity index (χ0n) is 13.9. The van der Waals surface area contributed by atoms with Crippen molar-refractivity contribution in [2.24, 2.45) is 0 Å². The minimum absolute atomic E-state index is 0. The van der Waals surface area contributed by atoms with Gasteiger partial charge in [-0.2, -0.15) is 0 Å². The van der Waals surface area contributed by atoms with Gasteiger partial charge < -0.3 is 22.6 Å². The van der Waals surface area contributed by atoms with Crippen molar-refractivity contribution in [2.75, 3.05) is 13.1 Å². The molecule has 1 aliphatic rings. The number of quaternary nitrogens is 1. The van der Waals surface area contributed by atoms with E-state index in [-0.39, 0.29) is 18.3 Å². The molecule has 0 aliphatic carbocycles. The number of hydrogen-bond donors (Lipinski definition) is 2. The van der Waals surface area contributed by atoms with E-state index in [2.05, 4.69) is 35.6 Å². The summed E-state index contributed by atoms with van der Waals surface area (Å²) in [5, 5.41) is 3.20. The van der Waals surface area contributed by atoms with Crippen molar-refractivity contribution < 1.29 is 22.1 Å². The van der Waals surface area contributed by atoms with Crippen molar-refractivity contribution in [1.29, 1.82) is 0 Å². The summed E-state index contributed by atoms with van der Waals surface area (Å²) in [5.41, 5.74) is 2.48. The maximum absolute atomic E-state index is 12.1. The van der Waals surface area contributed by atoms with E-state index in [0.29, 0.717) is 12.5 Å². The Labute approximate surface area is 150 Å². The summed E-state index contributed by atoms with van der Waals surface area (Å²) in [6, 6.07) is 20.9. The summed E-state index contributed by atoms with van der Waals surface area (Å²) < 4.78 is 0. The van der Waals surface area contributed by atoms with Gasteiger partial charge in [0.2, 0.25) is 5.91 Å². The molecule has 2 aromatic carbocycles. The molecule has 4 heteroatoms. The zero-order chi connectivity index (χ0) is 15.9. The van der Waals surface area contributed by atoms with Gasteiger partial charge in [0.15, 0.2) is 0 Å². The van der Waals surface area contributed by atoms with Crippen LogP contribution in [-0.4, -0.2) is 25.0 Å². The SMILES string of the molecule is O=C(Cc1ccccc1)NC1CC[NH+](Cc2ccccc2)CC1.[Cl-]. The lowest BCUT2D eigenvalue weighted by Crippen LogP contribution is -3.12. The van der Waals surface area contributed by atoms with Gasteiger partial charge in [-0.1, -0.05) is 60.7 Å². The Hall–Kier alpha value is -1.84. The van der Waals surface area contributed by atoms with Crippen molar-refractivity contribution in [1.82, 2.24) is 5.32 Å². The Morgan fingerprint density at radius 1 is 0.917 bits per heavy atom. The van der Waals surface area contributed by atoms with E-state index in [1.807, 2.05) is 30.3 Å². The van der Waals surface area contributed by atoms with Crippen molar-refractivity contribution >= 4 is 5.91 Å². The molecule has 1 saturated heterocycles. The molecule has 0 unspecified atom stereocenters. The number of likely N-dealkylation sites (tertiary alicyclic amines) is 1. The Morgan fingerprint density at radius 2 is 1.46 bits per heavy atom.